The second-order valence-corrected chi connectivity index (χ2v) is 10.2. The summed E-state index contributed by atoms with van der Waals surface area (Å²) in [5, 5.41) is 20.3. The van der Waals surface area contributed by atoms with Crippen molar-refractivity contribution < 1.29 is 81.3 Å². The topological polar surface area (TPSA) is 290 Å². The molecule has 0 bridgehead atoms. The van der Waals surface area contributed by atoms with Crippen LogP contribution in [-0.2, 0) is 48.6 Å². The number of anilines is 1. The van der Waals surface area contributed by atoms with Gasteiger partial charge in [0.25, 0.3) is 15.6 Å². The molecular formula is C10H14CuN5O13P3. The normalized spacial score (nSPS) is 27.6. The molecule has 2 unspecified atom stereocenters. The minimum Gasteiger partial charge on any atom is -0.790 e. The Morgan fingerprint density at radius 3 is 2.38 bits per heavy atom. The van der Waals surface area contributed by atoms with Gasteiger partial charge in [-0.1, -0.05) is 0 Å². The summed E-state index contributed by atoms with van der Waals surface area (Å²) in [4.78, 5) is 54.9. The van der Waals surface area contributed by atoms with Crippen molar-refractivity contribution >= 4 is 40.4 Å². The van der Waals surface area contributed by atoms with Gasteiger partial charge in [0.05, 0.1) is 20.8 Å². The van der Waals surface area contributed by atoms with Crippen molar-refractivity contribution in [3.05, 3.63) is 12.7 Å². The van der Waals surface area contributed by atoms with Gasteiger partial charge in [-0.2, -0.15) is 0 Å². The number of aliphatic hydroxyl groups is 2. The molecule has 1 saturated heterocycles. The van der Waals surface area contributed by atoms with Crippen LogP contribution in [0.15, 0.2) is 12.7 Å². The van der Waals surface area contributed by atoms with Gasteiger partial charge in [-0.3, -0.25) is 18.0 Å². The Balaban J connectivity index is 0.00000363. The standard InChI is InChI=1S/C10H16N5O13P3.Cu/c11-8-5-9(13-2-12-8)15(3-14-5)10-7(17)6(16)4(26-10)1-25-30(21,22)28-31(23,24)27-29(18,19)20;/h2-4,6-7,10,16-17H,1H2,(H,21,22)(H,23,24)(H2,11,12,13)(H2,18,19,20);/q;+2/p-2/t4-,6-,7-,10-;/m1./s1. The molecule has 1 aliphatic heterocycles. The molecular weight excluding hydrogens is 555 g/mol. The van der Waals surface area contributed by atoms with Crippen LogP contribution in [0.4, 0.5) is 5.82 Å². The zero-order valence-corrected chi connectivity index (χ0v) is 18.7. The molecule has 2 aromatic heterocycles. The second-order valence-electron chi connectivity index (χ2n) is 5.93. The van der Waals surface area contributed by atoms with Gasteiger partial charge in [0.1, 0.15) is 30.2 Å². The Morgan fingerprint density at radius 2 is 1.75 bits per heavy atom. The molecule has 3 rings (SSSR count). The summed E-state index contributed by atoms with van der Waals surface area (Å²) in [6.45, 7) is -1.08. The van der Waals surface area contributed by atoms with Crippen LogP contribution in [0.2, 0.25) is 0 Å². The summed E-state index contributed by atoms with van der Waals surface area (Å²) in [5.41, 5.74) is 5.92. The number of ether oxygens (including phenoxy) is 1. The fourth-order valence-corrected chi connectivity index (χ4v) is 5.47. The molecule has 0 amide bonds. The summed E-state index contributed by atoms with van der Waals surface area (Å²) in [6, 6.07) is 0. The van der Waals surface area contributed by atoms with Crippen LogP contribution in [0.3, 0.4) is 0 Å². The average molecular weight is 569 g/mol. The molecule has 3 heterocycles. The number of nitrogen functional groups attached to an aromatic ring is 1. The number of phosphoric ester groups is 1. The Kier molecular flexibility index (Phi) is 8.39. The van der Waals surface area contributed by atoms with E-state index in [0.29, 0.717) is 0 Å². The maximum atomic E-state index is 11.6. The summed E-state index contributed by atoms with van der Waals surface area (Å²) in [7, 11) is -18.1. The van der Waals surface area contributed by atoms with Gasteiger partial charge in [-0.15, -0.1) is 0 Å². The van der Waals surface area contributed by atoms with Crippen LogP contribution in [0, 0.1) is 0 Å². The zero-order valence-electron chi connectivity index (χ0n) is 17.1. The predicted molar refractivity (Wildman–Crippen MR) is 88.8 cm³/mol. The number of fused-ring (bicyclic) bond motifs is 1. The van der Waals surface area contributed by atoms with Crippen molar-refractivity contribution in [2.75, 3.05) is 12.3 Å². The van der Waals surface area contributed by atoms with Crippen molar-refractivity contribution in [2.45, 2.75) is 24.5 Å². The maximum Gasteiger partial charge on any atom is 2.00 e. The van der Waals surface area contributed by atoms with E-state index in [2.05, 4.69) is 28.1 Å². The monoisotopic (exact) mass is 568 g/mol. The average Bonchev–Trinajstić information content (AvgIpc) is 3.13. The van der Waals surface area contributed by atoms with E-state index >= 15 is 0 Å². The van der Waals surface area contributed by atoms with Gasteiger partial charge in [0.15, 0.2) is 17.7 Å². The van der Waals surface area contributed by atoms with Crippen LogP contribution in [0.25, 0.3) is 11.2 Å². The van der Waals surface area contributed by atoms with E-state index in [-0.39, 0.29) is 36.9 Å². The zero-order chi connectivity index (χ0) is 23.2. The number of nitrogens with two attached hydrogens (primary N) is 1. The SMILES string of the molecule is Nc1ncnc2c1ncn2[C@@H]1O[C@H](COP(=O)([O-])OP(=O)([O-])OP(=O)([O-])[O-])[C@@H](O)[C@H]1O.[Cu+2].[H+].[H+]. The van der Waals surface area contributed by atoms with Crippen molar-refractivity contribution in [1.29, 1.82) is 0 Å². The quantitative estimate of drug-likeness (QED) is 0.202. The summed E-state index contributed by atoms with van der Waals surface area (Å²) < 4.78 is 50.2. The van der Waals surface area contributed by atoms with Crippen LogP contribution in [0.1, 0.15) is 9.08 Å². The Morgan fingerprint density at radius 1 is 1.09 bits per heavy atom. The summed E-state index contributed by atoms with van der Waals surface area (Å²) >= 11 is 0. The summed E-state index contributed by atoms with van der Waals surface area (Å²) in [6.07, 6.45) is -3.99. The van der Waals surface area contributed by atoms with Gasteiger partial charge < -0.3 is 49.3 Å². The third-order valence-corrected chi connectivity index (χ3v) is 7.46. The number of hydrogen-bond acceptors (Lipinski definition) is 17. The number of phosphoric acid groups is 3. The van der Waals surface area contributed by atoms with E-state index in [4.69, 9.17) is 10.5 Å². The van der Waals surface area contributed by atoms with Gasteiger partial charge >= 0.3 is 19.9 Å². The molecule has 0 saturated carbocycles. The molecule has 1 radical (unpaired) electrons. The number of aromatic nitrogens is 4. The van der Waals surface area contributed by atoms with E-state index in [1.807, 2.05) is 0 Å². The molecule has 22 heteroatoms. The van der Waals surface area contributed by atoms with Gasteiger partial charge in [0, 0.05) is 0 Å². The molecule has 1 aliphatic rings. The van der Waals surface area contributed by atoms with Crippen LogP contribution < -0.4 is 25.3 Å². The molecule has 18 nitrogen and oxygen atoms in total. The Bertz CT molecular complexity index is 1120. The Hall–Kier alpha value is -0.841. The van der Waals surface area contributed by atoms with Crippen LogP contribution >= 0.6 is 23.5 Å². The predicted octanol–water partition coefficient (Wildman–Crippen LogP) is -3.93. The smallest absolute Gasteiger partial charge is 0.790 e. The first-order valence-electron chi connectivity index (χ1n) is 7.85. The number of hydrogen-bond donors (Lipinski definition) is 3. The van der Waals surface area contributed by atoms with Gasteiger partial charge in [0.2, 0.25) is 0 Å². The molecule has 0 spiro atoms. The largest absolute Gasteiger partial charge is 2.00 e. The number of rotatable bonds is 8. The third-order valence-electron chi connectivity index (χ3n) is 3.80. The number of imidazole rings is 1. The molecule has 1 fully saturated rings. The van der Waals surface area contributed by atoms with Crippen molar-refractivity contribution in [3.63, 3.8) is 0 Å². The fraction of sp³-hybridized carbons (Fsp3) is 0.500. The first-order chi connectivity index (χ1) is 14.2. The van der Waals surface area contributed by atoms with E-state index < -0.39 is 54.6 Å². The third kappa shape index (κ3) is 6.39. The van der Waals surface area contributed by atoms with Crippen molar-refractivity contribution in [2.24, 2.45) is 0 Å². The van der Waals surface area contributed by atoms with E-state index in [1.54, 1.807) is 0 Å². The molecule has 2 aromatic rings. The van der Waals surface area contributed by atoms with Crippen molar-refractivity contribution in [3.8, 4) is 0 Å². The molecule has 183 valence electrons. The summed E-state index contributed by atoms with van der Waals surface area (Å²) in [5.74, 6) is 0.0195. The van der Waals surface area contributed by atoms with Crippen LogP contribution in [-0.4, -0.2) is 54.7 Å². The number of nitrogens with zero attached hydrogens (tertiary/aromatic N) is 4. The molecule has 4 N–H and O–H groups in total. The molecule has 32 heavy (non-hydrogen) atoms. The van der Waals surface area contributed by atoms with E-state index in [0.717, 1.165) is 12.7 Å². The maximum absolute atomic E-state index is 11.6. The van der Waals surface area contributed by atoms with E-state index in [1.165, 1.54) is 4.57 Å². The van der Waals surface area contributed by atoms with Crippen LogP contribution in [0.5, 0.6) is 0 Å². The second kappa shape index (κ2) is 9.80. The number of aliphatic hydroxyl groups excluding tert-OH is 2. The van der Waals surface area contributed by atoms with Gasteiger partial charge in [-0.05, 0) is 0 Å². The minimum absolute atomic E-state index is 0. The van der Waals surface area contributed by atoms with E-state index in [9.17, 15) is 43.5 Å². The molecule has 6 atom stereocenters. The molecule has 0 aromatic carbocycles. The fourth-order valence-electron chi connectivity index (χ4n) is 2.60. The van der Waals surface area contributed by atoms with Crippen molar-refractivity contribution in [1.82, 2.24) is 19.5 Å². The first kappa shape index (κ1) is 27.4. The Labute approximate surface area is 191 Å². The minimum atomic E-state index is -6.14. The first-order valence-corrected chi connectivity index (χ1v) is 12.2. The molecule has 0 aliphatic carbocycles. The van der Waals surface area contributed by atoms with Gasteiger partial charge in [-0.25, -0.2) is 19.3 Å².